The molecule has 0 saturated carbocycles. The Labute approximate surface area is 78.7 Å². The van der Waals surface area contributed by atoms with Gasteiger partial charge in [0.1, 0.15) is 19.5 Å². The Kier molecular flexibility index (Phi) is 5.04. The summed E-state index contributed by atoms with van der Waals surface area (Å²) in [5.41, 5.74) is -0.244. The van der Waals surface area contributed by atoms with Crippen LogP contribution in [-0.4, -0.2) is 7.85 Å². The fourth-order valence-electron chi connectivity index (χ4n) is 0.744. The molecule has 13 heavy (non-hydrogen) atoms. The Balaban J connectivity index is 0.000000671. The van der Waals surface area contributed by atoms with Gasteiger partial charge >= 0.3 is 0 Å². The van der Waals surface area contributed by atoms with Gasteiger partial charge < -0.3 is 0 Å². The van der Waals surface area contributed by atoms with Gasteiger partial charge in [-0.15, -0.1) is 0 Å². The summed E-state index contributed by atoms with van der Waals surface area (Å²) in [6.45, 7) is 7.34. The molecule has 0 saturated heterocycles. The second-order valence-corrected chi connectivity index (χ2v) is 2.07. The lowest BCUT2D eigenvalue weighted by Gasteiger charge is -2.01. The van der Waals surface area contributed by atoms with Gasteiger partial charge in [-0.25, -0.2) is 8.78 Å². The number of rotatable bonds is 1. The molecule has 1 aromatic carbocycles. The van der Waals surface area contributed by atoms with Crippen LogP contribution in [-0.2, 0) is 0 Å². The maximum absolute atomic E-state index is 12.8. The molecule has 0 atom stereocenters. The predicted octanol–water partition coefficient (Wildman–Crippen LogP) is 2.43. The van der Waals surface area contributed by atoms with Crippen LogP contribution >= 0.6 is 0 Å². The van der Waals surface area contributed by atoms with Crippen molar-refractivity contribution in [1.82, 2.24) is 0 Å². The summed E-state index contributed by atoms with van der Waals surface area (Å²) in [4.78, 5) is 0. The van der Waals surface area contributed by atoms with E-state index in [9.17, 15) is 8.78 Å². The molecule has 0 spiro atoms. The first-order chi connectivity index (χ1) is 6.16. The molecule has 0 heterocycles. The van der Waals surface area contributed by atoms with Crippen LogP contribution < -0.4 is 5.46 Å². The summed E-state index contributed by atoms with van der Waals surface area (Å²) in [5, 5.41) is 0. The second kappa shape index (κ2) is 5.52. The molecule has 0 nitrogen and oxygen atoms in total. The third-order valence-corrected chi connectivity index (χ3v) is 1.38. The lowest BCUT2D eigenvalue weighted by molar-refractivity contribution is 0.596. The first-order valence-corrected chi connectivity index (χ1v) is 4.02. The standard InChI is InChI=1S/C8H5BF2.C2H6/c1-2-5-3-4-6(10)7(9)8(5)11;1-2/h2-4H,1H2;1-2H3. The van der Waals surface area contributed by atoms with Crippen molar-refractivity contribution in [2.24, 2.45) is 0 Å². The van der Waals surface area contributed by atoms with Crippen LogP contribution in [0.2, 0.25) is 0 Å². The van der Waals surface area contributed by atoms with Crippen LogP contribution in [0.5, 0.6) is 0 Å². The minimum Gasteiger partial charge on any atom is -0.208 e. The lowest BCUT2D eigenvalue weighted by atomic mass is 9.92. The van der Waals surface area contributed by atoms with Crippen molar-refractivity contribution in [2.75, 3.05) is 0 Å². The SMILES string of the molecule is CC.[B]c1c(F)ccc(C=C)c1F. The zero-order valence-corrected chi connectivity index (χ0v) is 7.77. The summed E-state index contributed by atoms with van der Waals surface area (Å²) < 4.78 is 25.3. The Morgan fingerprint density at radius 1 is 1.31 bits per heavy atom. The van der Waals surface area contributed by atoms with Crippen LogP contribution in [0.25, 0.3) is 6.08 Å². The molecule has 1 aromatic rings. The molecule has 3 heteroatoms. The highest BCUT2D eigenvalue weighted by molar-refractivity contribution is 6.32. The predicted molar refractivity (Wildman–Crippen MR) is 53.2 cm³/mol. The molecule has 0 aliphatic heterocycles. The molecule has 0 unspecified atom stereocenters. The number of halogens is 2. The van der Waals surface area contributed by atoms with E-state index in [1.165, 1.54) is 12.1 Å². The van der Waals surface area contributed by atoms with Crippen LogP contribution in [0, 0.1) is 11.6 Å². The minimum atomic E-state index is -0.750. The largest absolute Gasteiger partial charge is 0.208 e. The molecule has 0 aliphatic carbocycles. The van der Waals surface area contributed by atoms with Gasteiger partial charge in [-0.3, -0.25) is 0 Å². The van der Waals surface area contributed by atoms with Gasteiger partial charge in [-0.05, 0) is 17.6 Å². The Morgan fingerprint density at radius 3 is 2.31 bits per heavy atom. The van der Waals surface area contributed by atoms with Crippen molar-refractivity contribution in [3.8, 4) is 0 Å². The molecule has 0 aromatic heterocycles. The van der Waals surface area contributed by atoms with E-state index in [4.69, 9.17) is 7.85 Å². The van der Waals surface area contributed by atoms with Crippen molar-refractivity contribution in [2.45, 2.75) is 13.8 Å². The fourth-order valence-corrected chi connectivity index (χ4v) is 0.744. The first kappa shape index (κ1) is 11.9. The van der Waals surface area contributed by atoms with Gasteiger partial charge in [0.2, 0.25) is 0 Å². The van der Waals surface area contributed by atoms with Crippen molar-refractivity contribution in [1.29, 1.82) is 0 Å². The van der Waals surface area contributed by atoms with E-state index in [1.54, 1.807) is 0 Å². The second-order valence-electron chi connectivity index (χ2n) is 2.07. The van der Waals surface area contributed by atoms with Crippen molar-refractivity contribution >= 4 is 19.4 Å². The van der Waals surface area contributed by atoms with Gasteiger partial charge in [0, 0.05) is 5.56 Å². The molecular formula is C10H11BF2. The van der Waals surface area contributed by atoms with E-state index < -0.39 is 17.1 Å². The zero-order chi connectivity index (χ0) is 10.4. The summed E-state index contributed by atoms with van der Waals surface area (Å²) >= 11 is 0. The fraction of sp³-hybridized carbons (Fsp3) is 0.200. The van der Waals surface area contributed by atoms with Crippen molar-refractivity contribution in [3.63, 3.8) is 0 Å². The minimum absolute atomic E-state index is 0.212. The normalized spacial score (nSPS) is 8.62. The quantitative estimate of drug-likeness (QED) is 0.582. The third-order valence-electron chi connectivity index (χ3n) is 1.38. The van der Waals surface area contributed by atoms with Gasteiger partial charge in [0.15, 0.2) is 0 Å². The average molecular weight is 180 g/mol. The summed E-state index contributed by atoms with van der Waals surface area (Å²) in [6, 6.07) is 2.39. The van der Waals surface area contributed by atoms with Gasteiger partial charge in [0.25, 0.3) is 0 Å². The van der Waals surface area contributed by atoms with Crippen molar-refractivity contribution in [3.05, 3.63) is 35.9 Å². The highest BCUT2D eigenvalue weighted by atomic mass is 19.1. The number of hydrogen-bond donors (Lipinski definition) is 0. The monoisotopic (exact) mass is 180 g/mol. The van der Waals surface area contributed by atoms with Crippen LogP contribution in [0.3, 0.4) is 0 Å². The topological polar surface area (TPSA) is 0 Å². The highest BCUT2D eigenvalue weighted by Gasteiger charge is 2.05. The summed E-state index contributed by atoms with van der Waals surface area (Å²) in [7, 11) is 5.06. The number of hydrogen-bond acceptors (Lipinski definition) is 0. The van der Waals surface area contributed by atoms with Gasteiger partial charge in [-0.2, -0.15) is 0 Å². The van der Waals surface area contributed by atoms with E-state index in [0.29, 0.717) is 0 Å². The molecule has 0 bridgehead atoms. The molecule has 0 aliphatic rings. The zero-order valence-electron chi connectivity index (χ0n) is 7.77. The van der Waals surface area contributed by atoms with E-state index in [-0.39, 0.29) is 5.56 Å². The first-order valence-electron chi connectivity index (χ1n) is 4.02. The molecule has 0 N–H and O–H groups in total. The Morgan fingerprint density at radius 2 is 1.85 bits per heavy atom. The van der Waals surface area contributed by atoms with Crippen LogP contribution in [0.4, 0.5) is 8.78 Å². The van der Waals surface area contributed by atoms with Crippen molar-refractivity contribution < 1.29 is 8.78 Å². The smallest absolute Gasteiger partial charge is 0.126 e. The molecule has 0 amide bonds. The maximum Gasteiger partial charge on any atom is 0.126 e. The summed E-state index contributed by atoms with van der Waals surface area (Å²) in [5.74, 6) is -1.49. The molecule has 2 radical (unpaired) electrons. The van der Waals surface area contributed by atoms with Gasteiger partial charge in [-0.1, -0.05) is 26.5 Å². The maximum atomic E-state index is 12.8. The highest BCUT2D eigenvalue weighted by Crippen LogP contribution is 2.06. The molecular weight excluding hydrogens is 169 g/mol. The van der Waals surface area contributed by atoms with E-state index in [0.717, 1.165) is 6.07 Å². The lowest BCUT2D eigenvalue weighted by Crippen LogP contribution is -2.14. The molecule has 68 valence electrons. The number of benzene rings is 1. The molecule has 1 rings (SSSR count). The Hall–Kier alpha value is -1.12. The third kappa shape index (κ3) is 2.69. The Bertz CT molecular complexity index is 295. The van der Waals surface area contributed by atoms with E-state index in [1.807, 2.05) is 13.8 Å². The van der Waals surface area contributed by atoms with Gasteiger partial charge in [0.05, 0.1) is 0 Å². The van der Waals surface area contributed by atoms with E-state index in [2.05, 4.69) is 6.58 Å². The summed E-state index contributed by atoms with van der Waals surface area (Å²) in [6.07, 6.45) is 1.28. The average Bonchev–Trinajstić information content (AvgIpc) is 2.18. The van der Waals surface area contributed by atoms with E-state index >= 15 is 0 Å². The van der Waals surface area contributed by atoms with Crippen LogP contribution in [0.1, 0.15) is 19.4 Å². The van der Waals surface area contributed by atoms with Crippen LogP contribution in [0.15, 0.2) is 18.7 Å². The molecule has 0 fully saturated rings.